The third kappa shape index (κ3) is 6.86. The van der Waals surface area contributed by atoms with Gasteiger partial charge in [-0.2, -0.15) is 0 Å². The SMILES string of the molecule is CCOC(=O)c1[nH]c([C@@H]2CCCCN2C(=O)OC(C)(C)C)nc1-c1ccc(C(=O)Nc2cc(CC)ccn2)cc1. The van der Waals surface area contributed by atoms with Crippen molar-refractivity contribution in [1.29, 1.82) is 0 Å². The maximum atomic E-state index is 13.0. The summed E-state index contributed by atoms with van der Waals surface area (Å²) in [4.78, 5) is 52.5. The lowest BCUT2D eigenvalue weighted by molar-refractivity contribution is 0.00853. The Balaban J connectivity index is 1.62. The topological polar surface area (TPSA) is 127 Å². The van der Waals surface area contributed by atoms with Crippen LogP contribution in [0.25, 0.3) is 11.3 Å². The molecule has 10 nitrogen and oxygen atoms in total. The van der Waals surface area contributed by atoms with Crippen LogP contribution in [0.5, 0.6) is 0 Å². The van der Waals surface area contributed by atoms with Crippen LogP contribution in [0.15, 0.2) is 42.6 Å². The van der Waals surface area contributed by atoms with Crippen LogP contribution in [0, 0.1) is 0 Å². The standard InChI is InChI=1S/C30H37N5O5/c1-6-19-15-16-31-23(18-19)32-27(36)21-13-11-20(12-14-21)24-25(28(37)39-7-2)34-26(33-24)22-10-8-9-17-35(22)29(38)40-30(3,4)5/h11-16,18,22H,6-10,17H2,1-5H3,(H,33,34)(H,31,32,36)/t22-/m0/s1. The summed E-state index contributed by atoms with van der Waals surface area (Å²) in [6.45, 7) is 9.99. The lowest BCUT2D eigenvalue weighted by atomic mass is 10.0. The summed E-state index contributed by atoms with van der Waals surface area (Å²) < 4.78 is 10.9. The predicted molar refractivity (Wildman–Crippen MR) is 151 cm³/mol. The lowest BCUT2D eigenvalue weighted by Crippen LogP contribution is -2.42. The number of aromatic amines is 1. The van der Waals surface area contributed by atoms with Crippen molar-refractivity contribution in [2.45, 2.75) is 71.9 Å². The van der Waals surface area contributed by atoms with Crippen molar-refractivity contribution in [2.24, 2.45) is 0 Å². The zero-order valence-electron chi connectivity index (χ0n) is 23.7. The second kappa shape index (κ2) is 12.3. The highest BCUT2D eigenvalue weighted by Gasteiger charge is 2.34. The van der Waals surface area contributed by atoms with Gasteiger partial charge < -0.3 is 19.8 Å². The number of anilines is 1. The zero-order valence-corrected chi connectivity index (χ0v) is 23.7. The van der Waals surface area contributed by atoms with Crippen molar-refractivity contribution in [2.75, 3.05) is 18.5 Å². The van der Waals surface area contributed by atoms with E-state index in [9.17, 15) is 14.4 Å². The number of amides is 2. The fraction of sp³-hybridized carbons (Fsp3) is 0.433. The molecule has 0 radical (unpaired) electrons. The number of hydrogen-bond acceptors (Lipinski definition) is 7. The van der Waals surface area contributed by atoms with Crippen LogP contribution in [-0.4, -0.2) is 56.6 Å². The third-order valence-corrected chi connectivity index (χ3v) is 6.54. The third-order valence-electron chi connectivity index (χ3n) is 6.54. The Labute approximate surface area is 234 Å². The maximum Gasteiger partial charge on any atom is 0.410 e. The number of hydrogen-bond donors (Lipinski definition) is 2. The number of piperidine rings is 1. The van der Waals surface area contributed by atoms with Crippen molar-refractivity contribution >= 4 is 23.8 Å². The molecule has 0 spiro atoms. The van der Waals surface area contributed by atoms with Gasteiger partial charge in [0.15, 0.2) is 5.69 Å². The number of esters is 1. The van der Waals surface area contributed by atoms with Gasteiger partial charge in [0, 0.05) is 23.9 Å². The van der Waals surface area contributed by atoms with Crippen LogP contribution < -0.4 is 5.32 Å². The molecule has 0 bridgehead atoms. The summed E-state index contributed by atoms with van der Waals surface area (Å²) in [5.74, 6) is 0.139. The van der Waals surface area contributed by atoms with E-state index in [1.807, 2.05) is 39.8 Å². The molecule has 0 saturated carbocycles. The van der Waals surface area contributed by atoms with E-state index in [4.69, 9.17) is 14.5 Å². The molecule has 3 heterocycles. The summed E-state index contributed by atoms with van der Waals surface area (Å²) in [7, 11) is 0. The first-order chi connectivity index (χ1) is 19.1. The Bertz CT molecular complexity index is 1360. The molecule has 1 aromatic carbocycles. The molecule has 212 valence electrons. The van der Waals surface area contributed by atoms with Crippen LogP contribution in [0.3, 0.4) is 0 Å². The van der Waals surface area contributed by atoms with Gasteiger partial charge in [-0.1, -0.05) is 19.1 Å². The minimum Gasteiger partial charge on any atom is -0.461 e. The van der Waals surface area contributed by atoms with E-state index in [0.29, 0.717) is 41.4 Å². The summed E-state index contributed by atoms with van der Waals surface area (Å²) in [5, 5.41) is 2.82. The van der Waals surface area contributed by atoms with Crippen molar-refractivity contribution < 1.29 is 23.9 Å². The second-order valence-electron chi connectivity index (χ2n) is 10.7. The van der Waals surface area contributed by atoms with Gasteiger partial charge >= 0.3 is 12.1 Å². The molecule has 10 heteroatoms. The normalized spacial score (nSPS) is 15.4. The van der Waals surface area contributed by atoms with Crippen molar-refractivity contribution in [1.82, 2.24) is 19.9 Å². The molecule has 1 saturated heterocycles. The van der Waals surface area contributed by atoms with E-state index in [1.54, 1.807) is 42.3 Å². The Morgan fingerprint density at radius 2 is 1.85 bits per heavy atom. The summed E-state index contributed by atoms with van der Waals surface area (Å²) in [5.41, 5.74) is 2.10. The number of nitrogens with one attached hydrogen (secondary N) is 2. The van der Waals surface area contributed by atoms with E-state index in [2.05, 4.69) is 15.3 Å². The highest BCUT2D eigenvalue weighted by atomic mass is 16.6. The molecule has 1 fully saturated rings. The van der Waals surface area contributed by atoms with E-state index in [-0.39, 0.29) is 24.2 Å². The largest absolute Gasteiger partial charge is 0.461 e. The van der Waals surface area contributed by atoms with Gasteiger partial charge in [-0.25, -0.2) is 19.6 Å². The number of nitrogens with zero attached hydrogens (tertiary/aromatic N) is 3. The molecule has 2 aromatic heterocycles. The molecule has 40 heavy (non-hydrogen) atoms. The molecule has 1 aliphatic rings. The van der Waals surface area contributed by atoms with Gasteiger partial charge in [0.1, 0.15) is 22.9 Å². The van der Waals surface area contributed by atoms with Crippen molar-refractivity contribution in [3.63, 3.8) is 0 Å². The molecular formula is C30H37N5O5. The van der Waals surface area contributed by atoms with Crippen LogP contribution in [-0.2, 0) is 15.9 Å². The van der Waals surface area contributed by atoms with Gasteiger partial charge in [-0.05, 0) is 83.2 Å². The van der Waals surface area contributed by atoms with Crippen LogP contribution in [0.1, 0.15) is 92.2 Å². The van der Waals surface area contributed by atoms with Gasteiger partial charge in [-0.3, -0.25) is 9.69 Å². The first-order valence-corrected chi connectivity index (χ1v) is 13.7. The number of likely N-dealkylation sites (tertiary alicyclic amines) is 1. The quantitative estimate of drug-likeness (QED) is 0.351. The highest BCUT2D eigenvalue weighted by Crippen LogP contribution is 2.33. The summed E-state index contributed by atoms with van der Waals surface area (Å²) in [6, 6.07) is 10.2. The Morgan fingerprint density at radius 1 is 1.10 bits per heavy atom. The number of H-pyrrole nitrogens is 1. The van der Waals surface area contributed by atoms with Gasteiger partial charge in [0.25, 0.3) is 5.91 Å². The van der Waals surface area contributed by atoms with Gasteiger partial charge in [0.05, 0.1) is 12.6 Å². The summed E-state index contributed by atoms with van der Waals surface area (Å²) >= 11 is 0. The van der Waals surface area contributed by atoms with Crippen molar-refractivity contribution in [3.05, 3.63) is 65.2 Å². The molecule has 4 rings (SSSR count). The molecule has 0 aliphatic carbocycles. The first-order valence-electron chi connectivity index (χ1n) is 13.7. The number of ether oxygens (including phenoxy) is 2. The Kier molecular flexibility index (Phi) is 8.86. The zero-order chi connectivity index (χ0) is 28.9. The molecule has 2 amide bonds. The second-order valence-corrected chi connectivity index (χ2v) is 10.7. The number of carbonyl (C=O) groups excluding carboxylic acids is 3. The minimum absolute atomic E-state index is 0.198. The van der Waals surface area contributed by atoms with E-state index >= 15 is 0 Å². The fourth-order valence-corrected chi connectivity index (χ4v) is 4.59. The highest BCUT2D eigenvalue weighted by molar-refractivity contribution is 6.04. The average molecular weight is 548 g/mol. The number of benzene rings is 1. The number of pyridine rings is 1. The number of aryl methyl sites for hydroxylation is 1. The number of aromatic nitrogens is 3. The molecule has 0 unspecified atom stereocenters. The molecule has 2 N–H and O–H groups in total. The monoisotopic (exact) mass is 547 g/mol. The molecule has 1 atom stereocenters. The average Bonchev–Trinajstić information content (AvgIpc) is 3.38. The smallest absolute Gasteiger partial charge is 0.410 e. The summed E-state index contributed by atoms with van der Waals surface area (Å²) in [6.07, 6.45) is 4.54. The van der Waals surface area contributed by atoms with Crippen LogP contribution in [0.2, 0.25) is 0 Å². The first kappa shape index (κ1) is 28.8. The Hall–Kier alpha value is -4.21. The minimum atomic E-state index is -0.633. The van der Waals surface area contributed by atoms with Gasteiger partial charge in [0.2, 0.25) is 0 Å². The van der Waals surface area contributed by atoms with Crippen LogP contribution >= 0.6 is 0 Å². The molecule has 3 aromatic rings. The molecule has 1 aliphatic heterocycles. The number of rotatable bonds is 7. The van der Waals surface area contributed by atoms with Gasteiger partial charge in [-0.15, -0.1) is 0 Å². The fourth-order valence-electron chi connectivity index (χ4n) is 4.59. The van der Waals surface area contributed by atoms with E-state index in [1.165, 1.54) is 0 Å². The predicted octanol–water partition coefficient (Wildman–Crippen LogP) is 5.93. The lowest BCUT2D eigenvalue weighted by Gasteiger charge is -2.35. The number of imidazole rings is 1. The van der Waals surface area contributed by atoms with E-state index < -0.39 is 17.7 Å². The van der Waals surface area contributed by atoms with Crippen LogP contribution in [0.4, 0.5) is 10.6 Å². The Morgan fingerprint density at radius 3 is 2.52 bits per heavy atom. The van der Waals surface area contributed by atoms with E-state index in [0.717, 1.165) is 24.8 Å². The number of carbonyl (C=O) groups is 3. The molecular weight excluding hydrogens is 510 g/mol. The van der Waals surface area contributed by atoms with Crippen molar-refractivity contribution in [3.8, 4) is 11.3 Å². The maximum absolute atomic E-state index is 13.0.